The SMILES string of the molecule is COOC([O-])OOOOOO. The number of hydrogen-bond acceptors (Lipinski definition) is 9. The Kier molecular flexibility index (Phi) is 7.49. The van der Waals surface area contributed by atoms with Gasteiger partial charge in [-0.05, 0) is 20.2 Å². The molecule has 0 aliphatic rings. The lowest BCUT2D eigenvalue weighted by Gasteiger charge is -2.15. The molecule has 0 bridgehead atoms. The minimum atomic E-state index is -2.07. The van der Waals surface area contributed by atoms with E-state index in [9.17, 15) is 5.11 Å². The fourth-order valence-electron chi connectivity index (χ4n) is 0.166. The van der Waals surface area contributed by atoms with Crippen LogP contribution in [-0.2, 0) is 34.8 Å². The van der Waals surface area contributed by atoms with Gasteiger partial charge in [-0.2, -0.15) is 4.89 Å². The van der Waals surface area contributed by atoms with Crippen LogP contribution in [-0.4, -0.2) is 18.8 Å². The molecule has 9 nitrogen and oxygen atoms in total. The first-order valence-electron chi connectivity index (χ1n) is 2.13. The van der Waals surface area contributed by atoms with E-state index in [-0.39, 0.29) is 0 Å². The van der Waals surface area contributed by atoms with E-state index in [4.69, 9.17) is 5.26 Å². The number of rotatable bonds is 7. The Morgan fingerprint density at radius 2 is 1.91 bits per heavy atom. The van der Waals surface area contributed by atoms with Gasteiger partial charge in [0.05, 0.1) is 7.11 Å². The Balaban J connectivity index is 2.97. The zero-order valence-electron chi connectivity index (χ0n) is 5.29. The Labute approximate surface area is 60.1 Å². The molecule has 0 aliphatic carbocycles. The third-order valence-electron chi connectivity index (χ3n) is 0.379. The van der Waals surface area contributed by atoms with Gasteiger partial charge in [0.25, 0.3) is 0 Å². The molecular formula is C2H5O9-. The van der Waals surface area contributed by atoms with Crippen molar-refractivity contribution in [1.82, 2.24) is 0 Å². The van der Waals surface area contributed by atoms with E-state index in [1.54, 1.807) is 0 Å². The van der Waals surface area contributed by atoms with Gasteiger partial charge >= 0.3 is 0 Å². The highest BCUT2D eigenvalue weighted by atomic mass is 17.8. The average molecular weight is 173 g/mol. The fraction of sp³-hybridized carbons (Fsp3) is 1.00. The summed E-state index contributed by atoms with van der Waals surface area (Å²) in [5, 5.41) is 30.5. The third-order valence-corrected chi connectivity index (χ3v) is 0.379. The highest BCUT2D eigenvalue weighted by Gasteiger charge is 1.96. The molecule has 1 N–H and O–H groups in total. The van der Waals surface area contributed by atoms with Crippen molar-refractivity contribution in [1.29, 1.82) is 0 Å². The lowest BCUT2D eigenvalue weighted by molar-refractivity contribution is -0.793. The molecule has 0 aromatic carbocycles. The summed E-state index contributed by atoms with van der Waals surface area (Å²) in [7, 11) is 1.09. The Bertz CT molecular complexity index is 74.0. The van der Waals surface area contributed by atoms with E-state index in [0.29, 0.717) is 0 Å². The summed E-state index contributed by atoms with van der Waals surface area (Å²) in [6.45, 7) is -2.07. The van der Waals surface area contributed by atoms with Gasteiger partial charge < -0.3 is 5.11 Å². The van der Waals surface area contributed by atoms with Crippen LogP contribution < -0.4 is 5.11 Å². The molecule has 1 unspecified atom stereocenters. The second kappa shape index (κ2) is 7.74. The number of hydrogen-bond donors (Lipinski definition) is 1. The predicted octanol–water partition coefficient (Wildman–Crippen LogP) is -1.58. The van der Waals surface area contributed by atoms with Crippen LogP contribution >= 0.6 is 0 Å². The van der Waals surface area contributed by atoms with Crippen LogP contribution in [0.15, 0.2) is 0 Å². The summed E-state index contributed by atoms with van der Waals surface area (Å²) in [6.07, 6.45) is 0. The molecule has 0 amide bonds. The Morgan fingerprint density at radius 1 is 1.18 bits per heavy atom. The van der Waals surface area contributed by atoms with Gasteiger partial charge in [0, 0.05) is 0 Å². The monoisotopic (exact) mass is 173 g/mol. The van der Waals surface area contributed by atoms with E-state index in [0.717, 1.165) is 7.11 Å². The highest BCUT2D eigenvalue weighted by molar-refractivity contribution is 3.86. The molecule has 0 rings (SSSR count). The largest absolute Gasteiger partial charge is 0.804 e. The summed E-state index contributed by atoms with van der Waals surface area (Å²) >= 11 is 0. The molecule has 0 fully saturated rings. The highest BCUT2D eigenvalue weighted by Crippen LogP contribution is 1.89. The Hall–Kier alpha value is -0.360. The van der Waals surface area contributed by atoms with Crippen molar-refractivity contribution in [2.75, 3.05) is 7.11 Å². The van der Waals surface area contributed by atoms with E-state index in [1.165, 1.54) is 0 Å². The molecule has 0 aromatic heterocycles. The molecule has 0 aromatic rings. The standard InChI is InChI=1S/C2H5O9/c1-5-6-2(3)7-9-11-10-8-4/h2,4H,1H3/q-1. The lowest BCUT2D eigenvalue weighted by Crippen LogP contribution is -2.31. The quantitative estimate of drug-likeness (QED) is 0.211. The maximum absolute atomic E-state index is 10.2. The van der Waals surface area contributed by atoms with Crippen LogP contribution in [0.4, 0.5) is 0 Å². The van der Waals surface area contributed by atoms with Crippen LogP contribution in [0.25, 0.3) is 0 Å². The van der Waals surface area contributed by atoms with E-state index < -0.39 is 6.48 Å². The van der Waals surface area contributed by atoms with E-state index in [2.05, 4.69) is 34.8 Å². The van der Waals surface area contributed by atoms with Crippen molar-refractivity contribution < 1.29 is 45.2 Å². The van der Waals surface area contributed by atoms with Crippen LogP contribution in [0.1, 0.15) is 0 Å². The first-order chi connectivity index (χ1) is 5.31. The van der Waals surface area contributed by atoms with Crippen LogP contribution in [0.5, 0.6) is 0 Å². The molecule has 68 valence electrons. The van der Waals surface area contributed by atoms with Crippen LogP contribution in [0.2, 0.25) is 0 Å². The van der Waals surface area contributed by atoms with Gasteiger partial charge in [-0.25, -0.2) is 15.0 Å². The summed E-state index contributed by atoms with van der Waals surface area (Å²) in [5.41, 5.74) is 0. The molecule has 0 saturated heterocycles. The van der Waals surface area contributed by atoms with Crippen LogP contribution in [0.3, 0.4) is 0 Å². The van der Waals surface area contributed by atoms with Gasteiger partial charge in [-0.3, -0.25) is 0 Å². The molecule has 0 spiro atoms. The summed E-state index contributed by atoms with van der Waals surface area (Å²) in [6, 6.07) is 0. The van der Waals surface area contributed by atoms with Gasteiger partial charge in [-0.15, -0.1) is 0 Å². The van der Waals surface area contributed by atoms with Crippen molar-refractivity contribution in [3.8, 4) is 0 Å². The van der Waals surface area contributed by atoms with Crippen molar-refractivity contribution in [3.05, 3.63) is 0 Å². The van der Waals surface area contributed by atoms with Crippen molar-refractivity contribution >= 4 is 0 Å². The maximum atomic E-state index is 10.2. The second-order valence-corrected chi connectivity index (χ2v) is 0.926. The average Bonchev–Trinajstić information content (AvgIpc) is 1.99. The van der Waals surface area contributed by atoms with Crippen molar-refractivity contribution in [2.24, 2.45) is 0 Å². The first kappa shape index (κ1) is 10.6. The third kappa shape index (κ3) is 7.54. The second-order valence-electron chi connectivity index (χ2n) is 0.926. The molecule has 0 saturated carbocycles. The summed E-state index contributed by atoms with van der Waals surface area (Å²) in [5.74, 6) is 0. The minimum absolute atomic E-state index is 1.09. The first-order valence-corrected chi connectivity index (χ1v) is 2.13. The predicted molar refractivity (Wildman–Crippen MR) is 19.9 cm³/mol. The van der Waals surface area contributed by atoms with Crippen molar-refractivity contribution in [2.45, 2.75) is 6.48 Å². The topological polar surface area (TPSA) is 108 Å². The Morgan fingerprint density at radius 3 is 2.45 bits per heavy atom. The zero-order chi connectivity index (χ0) is 8.53. The van der Waals surface area contributed by atoms with Gasteiger partial charge in [0.1, 0.15) is 0 Å². The smallest absolute Gasteiger partial charge is 0.163 e. The normalized spacial score (nSPS) is 13.4. The van der Waals surface area contributed by atoms with Gasteiger partial charge in [0.15, 0.2) is 6.48 Å². The van der Waals surface area contributed by atoms with Crippen molar-refractivity contribution in [3.63, 3.8) is 0 Å². The lowest BCUT2D eigenvalue weighted by atomic mass is 11.3. The molecular weight excluding hydrogens is 168 g/mol. The van der Waals surface area contributed by atoms with Crippen LogP contribution in [0, 0.1) is 0 Å². The van der Waals surface area contributed by atoms with Gasteiger partial charge in [0.2, 0.25) is 0 Å². The summed E-state index contributed by atoms with van der Waals surface area (Å²) < 4.78 is 0. The van der Waals surface area contributed by atoms with E-state index in [1.807, 2.05) is 0 Å². The summed E-state index contributed by atoms with van der Waals surface area (Å²) in [4.78, 5) is 11.3. The molecule has 1 atom stereocenters. The maximum Gasteiger partial charge on any atom is 0.163 e. The van der Waals surface area contributed by atoms with E-state index >= 15 is 0 Å². The molecule has 9 heteroatoms. The molecule has 11 heavy (non-hydrogen) atoms. The molecule has 0 aliphatic heterocycles. The fourth-order valence-corrected chi connectivity index (χ4v) is 0.166. The molecule has 0 radical (unpaired) electrons. The zero-order valence-corrected chi connectivity index (χ0v) is 5.29. The molecule has 0 heterocycles. The van der Waals surface area contributed by atoms with Gasteiger partial charge in [-0.1, -0.05) is 0 Å². The minimum Gasteiger partial charge on any atom is -0.804 e.